The van der Waals surface area contributed by atoms with E-state index < -0.39 is 18.7 Å². The highest BCUT2D eigenvalue weighted by Gasteiger charge is 2.29. The number of aromatic nitrogens is 1. The van der Waals surface area contributed by atoms with Gasteiger partial charge >= 0.3 is 6.18 Å². The van der Waals surface area contributed by atoms with Gasteiger partial charge in [-0.25, -0.2) is 4.98 Å². The third kappa shape index (κ3) is 5.26. The number of halogens is 4. The van der Waals surface area contributed by atoms with Crippen LogP contribution in [0.4, 0.5) is 13.2 Å². The molecule has 1 aliphatic rings. The quantitative estimate of drug-likeness (QED) is 0.834. The summed E-state index contributed by atoms with van der Waals surface area (Å²) >= 11 is 5.97. The second kappa shape index (κ2) is 8.04. The van der Waals surface area contributed by atoms with Crippen molar-refractivity contribution < 1.29 is 27.4 Å². The van der Waals surface area contributed by atoms with Crippen molar-refractivity contribution in [3.63, 3.8) is 0 Å². The van der Waals surface area contributed by atoms with Gasteiger partial charge in [0.05, 0.1) is 5.92 Å². The normalized spacial score (nSPS) is 16.2. The van der Waals surface area contributed by atoms with Gasteiger partial charge in [0.2, 0.25) is 11.8 Å². The van der Waals surface area contributed by atoms with E-state index in [4.69, 9.17) is 21.1 Å². The minimum atomic E-state index is -4.47. The Morgan fingerprint density at radius 2 is 2.19 bits per heavy atom. The van der Waals surface area contributed by atoms with Crippen molar-refractivity contribution in [1.82, 2.24) is 10.3 Å². The van der Waals surface area contributed by atoms with Crippen molar-refractivity contribution >= 4 is 17.5 Å². The largest absolute Gasteiger partial charge is 0.492 e. The number of nitrogens with zero attached hydrogens (tertiary/aromatic N) is 1. The lowest BCUT2D eigenvalue weighted by atomic mass is 9.96. The average molecular weight is 401 g/mol. The fourth-order valence-electron chi connectivity index (χ4n) is 2.70. The molecule has 0 saturated heterocycles. The maximum Gasteiger partial charge on any atom is 0.422 e. The van der Waals surface area contributed by atoms with Gasteiger partial charge < -0.3 is 14.8 Å². The van der Waals surface area contributed by atoms with Crippen LogP contribution in [0, 0.1) is 5.92 Å². The zero-order valence-corrected chi connectivity index (χ0v) is 14.8. The van der Waals surface area contributed by atoms with Crippen LogP contribution in [-0.4, -0.2) is 30.3 Å². The van der Waals surface area contributed by atoms with Crippen LogP contribution < -0.4 is 14.8 Å². The summed E-state index contributed by atoms with van der Waals surface area (Å²) in [7, 11) is 0. The van der Waals surface area contributed by atoms with E-state index in [9.17, 15) is 18.0 Å². The molecule has 0 aliphatic carbocycles. The summed E-state index contributed by atoms with van der Waals surface area (Å²) in [6.45, 7) is -1.23. The van der Waals surface area contributed by atoms with Gasteiger partial charge in [-0.2, -0.15) is 13.2 Å². The lowest BCUT2D eigenvalue weighted by Gasteiger charge is -2.24. The van der Waals surface area contributed by atoms with Crippen molar-refractivity contribution in [2.75, 3.05) is 13.2 Å². The maximum absolute atomic E-state index is 12.4. The Kier molecular flexibility index (Phi) is 5.74. The number of carbonyl (C=O) groups is 1. The summed E-state index contributed by atoms with van der Waals surface area (Å²) in [6, 6.07) is 8.33. The van der Waals surface area contributed by atoms with Crippen molar-refractivity contribution in [3.05, 3.63) is 52.7 Å². The second-order valence-electron chi connectivity index (χ2n) is 6.05. The van der Waals surface area contributed by atoms with E-state index in [1.807, 2.05) is 0 Å². The predicted molar refractivity (Wildman–Crippen MR) is 91.8 cm³/mol. The van der Waals surface area contributed by atoms with Gasteiger partial charge in [-0.05, 0) is 36.2 Å². The van der Waals surface area contributed by atoms with Crippen LogP contribution in [-0.2, 0) is 17.8 Å². The lowest BCUT2D eigenvalue weighted by molar-refractivity contribution is -0.154. The molecule has 27 heavy (non-hydrogen) atoms. The van der Waals surface area contributed by atoms with Gasteiger partial charge in [-0.1, -0.05) is 17.7 Å². The molecule has 0 bridgehead atoms. The zero-order chi connectivity index (χ0) is 19.4. The fraction of sp³-hybridized carbons (Fsp3) is 0.333. The van der Waals surface area contributed by atoms with Crippen molar-refractivity contribution in [1.29, 1.82) is 0 Å². The van der Waals surface area contributed by atoms with Crippen LogP contribution in [0.15, 0.2) is 36.5 Å². The van der Waals surface area contributed by atoms with Crippen molar-refractivity contribution in [3.8, 4) is 11.6 Å². The summed E-state index contributed by atoms with van der Waals surface area (Å²) in [5, 5.41) is 3.25. The Hall–Kier alpha value is -2.48. The van der Waals surface area contributed by atoms with Crippen molar-refractivity contribution in [2.45, 2.75) is 19.1 Å². The molecule has 1 atom stereocenters. The number of hydrogen-bond donors (Lipinski definition) is 1. The Labute approximate surface area is 158 Å². The molecule has 0 saturated carbocycles. The summed E-state index contributed by atoms with van der Waals surface area (Å²) in [5.74, 6) is -0.163. The van der Waals surface area contributed by atoms with E-state index in [1.54, 1.807) is 30.3 Å². The van der Waals surface area contributed by atoms with E-state index in [2.05, 4.69) is 10.3 Å². The number of nitrogens with one attached hydrogen (secondary N) is 1. The average Bonchev–Trinajstić information content (AvgIpc) is 2.63. The van der Waals surface area contributed by atoms with E-state index in [-0.39, 0.29) is 24.9 Å². The standard InChI is InChI=1S/C18H16ClF3N2O3/c19-14-3-4-15-12(7-14)6-13(9-26-15)16(25)24-8-11-2-1-5-23-17(11)27-10-18(20,21)22/h1-5,7,13H,6,8-10H2,(H,24,25). The highest BCUT2D eigenvalue weighted by atomic mass is 35.5. The van der Waals surface area contributed by atoms with Gasteiger partial charge in [-0.15, -0.1) is 0 Å². The fourth-order valence-corrected chi connectivity index (χ4v) is 2.89. The third-order valence-electron chi connectivity index (χ3n) is 3.98. The Morgan fingerprint density at radius 3 is 2.96 bits per heavy atom. The first-order valence-electron chi connectivity index (χ1n) is 8.14. The number of rotatable bonds is 5. The molecule has 3 rings (SSSR count). The smallest absolute Gasteiger partial charge is 0.422 e. The first kappa shape index (κ1) is 19.3. The molecule has 0 radical (unpaired) electrons. The minimum Gasteiger partial charge on any atom is -0.492 e. The molecule has 1 unspecified atom stereocenters. The molecule has 5 nitrogen and oxygen atoms in total. The van der Waals surface area contributed by atoms with E-state index in [0.29, 0.717) is 22.8 Å². The first-order valence-corrected chi connectivity index (χ1v) is 8.52. The van der Waals surface area contributed by atoms with Gasteiger partial charge in [0, 0.05) is 23.3 Å². The molecule has 1 amide bonds. The number of carbonyl (C=O) groups excluding carboxylic acids is 1. The number of alkyl halides is 3. The molecule has 144 valence electrons. The molecule has 0 fully saturated rings. The molecule has 1 aliphatic heterocycles. The second-order valence-corrected chi connectivity index (χ2v) is 6.49. The van der Waals surface area contributed by atoms with Crippen LogP contribution >= 0.6 is 11.6 Å². The number of hydrogen-bond acceptors (Lipinski definition) is 4. The SMILES string of the molecule is O=C(NCc1cccnc1OCC(F)(F)F)C1COc2ccc(Cl)cc2C1. The van der Waals surface area contributed by atoms with Crippen LogP contribution in [0.25, 0.3) is 0 Å². The van der Waals surface area contributed by atoms with Crippen LogP contribution in [0.5, 0.6) is 11.6 Å². The zero-order valence-electron chi connectivity index (χ0n) is 14.1. The number of pyridine rings is 1. The maximum atomic E-state index is 12.4. The monoisotopic (exact) mass is 400 g/mol. The molecule has 1 aromatic carbocycles. The van der Waals surface area contributed by atoms with Gasteiger partial charge in [0.15, 0.2) is 6.61 Å². The minimum absolute atomic E-state index is 0.00122. The summed E-state index contributed by atoms with van der Waals surface area (Å²) < 4.78 is 47.3. The Balaban J connectivity index is 1.60. The number of fused-ring (bicyclic) bond motifs is 1. The highest BCUT2D eigenvalue weighted by Crippen LogP contribution is 2.30. The molecule has 1 N–H and O–H groups in total. The predicted octanol–water partition coefficient (Wildman–Crippen LogP) is 3.54. The molecule has 2 heterocycles. The Bertz CT molecular complexity index is 830. The molecule has 1 aromatic heterocycles. The number of ether oxygens (including phenoxy) is 2. The number of amides is 1. The molecule has 9 heteroatoms. The van der Waals surface area contributed by atoms with Crippen LogP contribution in [0.1, 0.15) is 11.1 Å². The number of benzene rings is 1. The van der Waals surface area contributed by atoms with E-state index in [1.165, 1.54) is 6.20 Å². The topological polar surface area (TPSA) is 60.5 Å². The van der Waals surface area contributed by atoms with Crippen molar-refractivity contribution in [2.24, 2.45) is 5.92 Å². The van der Waals surface area contributed by atoms with Crippen LogP contribution in [0.3, 0.4) is 0 Å². The third-order valence-corrected chi connectivity index (χ3v) is 4.21. The highest BCUT2D eigenvalue weighted by molar-refractivity contribution is 6.30. The lowest BCUT2D eigenvalue weighted by Crippen LogP contribution is -2.37. The van der Waals surface area contributed by atoms with E-state index in [0.717, 1.165) is 5.56 Å². The molecule has 2 aromatic rings. The van der Waals surface area contributed by atoms with Crippen LogP contribution in [0.2, 0.25) is 5.02 Å². The molecular weight excluding hydrogens is 385 g/mol. The molecular formula is C18H16ClF3N2O3. The van der Waals surface area contributed by atoms with Gasteiger partial charge in [-0.3, -0.25) is 4.79 Å². The summed E-state index contributed by atoms with van der Waals surface area (Å²) in [6.07, 6.45) is -2.68. The van der Waals surface area contributed by atoms with Gasteiger partial charge in [0.25, 0.3) is 0 Å². The first-order chi connectivity index (χ1) is 12.8. The van der Waals surface area contributed by atoms with Gasteiger partial charge in [0.1, 0.15) is 12.4 Å². The molecule has 0 spiro atoms. The summed E-state index contributed by atoms with van der Waals surface area (Å²) in [5.41, 5.74) is 1.19. The summed E-state index contributed by atoms with van der Waals surface area (Å²) in [4.78, 5) is 16.2. The Morgan fingerprint density at radius 1 is 1.37 bits per heavy atom. The van der Waals surface area contributed by atoms with E-state index >= 15 is 0 Å².